The smallest absolute Gasteiger partial charge is 0.258 e. The fraction of sp³-hybridized carbons (Fsp3) is 0.333. The maximum absolute atomic E-state index is 9.39. The van der Waals surface area contributed by atoms with Crippen LogP contribution in [-0.4, -0.2) is 27.5 Å². The van der Waals surface area contributed by atoms with Crippen molar-refractivity contribution in [1.82, 2.24) is 10.1 Å². The van der Waals surface area contributed by atoms with E-state index in [-0.39, 0.29) is 17.4 Å². The molecule has 0 fully saturated rings. The van der Waals surface area contributed by atoms with Gasteiger partial charge >= 0.3 is 0 Å². The number of nitrogens with zero attached hydrogens (tertiary/aromatic N) is 2. The summed E-state index contributed by atoms with van der Waals surface area (Å²) in [5.41, 5.74) is -0.223. The van der Waals surface area contributed by atoms with E-state index in [1.54, 1.807) is 7.11 Å². The van der Waals surface area contributed by atoms with Gasteiger partial charge in [-0.1, -0.05) is 5.16 Å². The monoisotopic (exact) mass is 250 g/mol. The van der Waals surface area contributed by atoms with Gasteiger partial charge in [-0.25, -0.2) is 0 Å². The quantitative estimate of drug-likeness (QED) is 0.866. The van der Waals surface area contributed by atoms with Gasteiger partial charge in [0.05, 0.1) is 0 Å². The van der Waals surface area contributed by atoms with E-state index in [0.717, 1.165) is 0 Å². The molecule has 0 spiro atoms. The lowest BCUT2D eigenvalue weighted by molar-refractivity contribution is 0.00973. The largest absolute Gasteiger partial charge is 0.508 e. The second kappa shape index (κ2) is 4.30. The van der Waals surface area contributed by atoms with Crippen molar-refractivity contribution in [3.8, 4) is 23.0 Å². The molecule has 0 unspecified atom stereocenters. The molecular weight excluding hydrogens is 236 g/mol. The molecule has 2 aromatic rings. The molecule has 96 valence electrons. The zero-order valence-electron chi connectivity index (χ0n) is 10.3. The average Bonchev–Trinajstić information content (AvgIpc) is 2.77. The molecule has 2 N–H and O–H groups in total. The number of hydrogen-bond acceptors (Lipinski definition) is 6. The van der Waals surface area contributed by atoms with Crippen LogP contribution in [0.4, 0.5) is 0 Å². The van der Waals surface area contributed by atoms with Crippen molar-refractivity contribution >= 4 is 0 Å². The van der Waals surface area contributed by atoms with Crippen molar-refractivity contribution in [3.05, 3.63) is 24.0 Å². The van der Waals surface area contributed by atoms with Gasteiger partial charge in [0.1, 0.15) is 17.1 Å². The first-order chi connectivity index (χ1) is 8.42. The maximum Gasteiger partial charge on any atom is 0.258 e. The number of hydrogen-bond donors (Lipinski definition) is 2. The van der Waals surface area contributed by atoms with Crippen molar-refractivity contribution in [1.29, 1.82) is 0 Å². The topological polar surface area (TPSA) is 88.6 Å². The van der Waals surface area contributed by atoms with Gasteiger partial charge in [-0.15, -0.1) is 0 Å². The van der Waals surface area contributed by atoms with E-state index in [1.807, 2.05) is 13.8 Å². The van der Waals surface area contributed by atoms with Crippen LogP contribution in [-0.2, 0) is 10.3 Å². The normalized spacial score (nSPS) is 11.7. The molecule has 0 aliphatic heterocycles. The zero-order valence-corrected chi connectivity index (χ0v) is 10.3. The third-order valence-corrected chi connectivity index (χ3v) is 2.62. The van der Waals surface area contributed by atoms with Crippen molar-refractivity contribution < 1.29 is 19.5 Å². The summed E-state index contributed by atoms with van der Waals surface area (Å²) in [5, 5.41) is 22.6. The number of benzene rings is 1. The molecule has 0 aliphatic carbocycles. The van der Waals surface area contributed by atoms with Crippen LogP contribution < -0.4 is 0 Å². The molecule has 0 saturated carbocycles. The standard InChI is InChI=1S/C12H14N2O4/c1-12(2,17-3)11-13-10(18-14-11)7-4-8(15)6-9(16)5-7/h4-6,15-16H,1-3H3. The molecule has 2 rings (SSSR count). The van der Waals surface area contributed by atoms with Crippen LogP contribution in [0.25, 0.3) is 11.5 Å². The first kappa shape index (κ1) is 12.4. The number of phenolic OH excluding ortho intramolecular Hbond substituents is 2. The number of rotatable bonds is 3. The van der Waals surface area contributed by atoms with E-state index in [2.05, 4.69) is 10.1 Å². The Bertz CT molecular complexity index is 543. The third kappa shape index (κ3) is 2.28. The predicted octanol–water partition coefficient (Wildman–Crippen LogP) is 2.03. The van der Waals surface area contributed by atoms with E-state index >= 15 is 0 Å². The van der Waals surface area contributed by atoms with Crippen LogP contribution >= 0.6 is 0 Å². The molecule has 0 atom stereocenters. The van der Waals surface area contributed by atoms with Crippen molar-refractivity contribution in [2.45, 2.75) is 19.4 Å². The maximum atomic E-state index is 9.39. The van der Waals surface area contributed by atoms with E-state index < -0.39 is 5.60 Å². The van der Waals surface area contributed by atoms with Crippen LogP contribution in [0.1, 0.15) is 19.7 Å². The van der Waals surface area contributed by atoms with Crippen LogP contribution in [0.3, 0.4) is 0 Å². The lowest BCUT2D eigenvalue weighted by atomic mass is 10.1. The number of aromatic hydroxyl groups is 2. The summed E-state index contributed by atoms with van der Waals surface area (Å²) in [6, 6.07) is 4.08. The summed E-state index contributed by atoms with van der Waals surface area (Å²) in [6.07, 6.45) is 0. The minimum Gasteiger partial charge on any atom is -0.508 e. The van der Waals surface area contributed by atoms with Gasteiger partial charge in [-0.05, 0) is 26.0 Å². The van der Waals surface area contributed by atoms with Crippen LogP contribution in [0, 0.1) is 0 Å². The summed E-state index contributed by atoms with van der Waals surface area (Å²) in [7, 11) is 1.55. The van der Waals surface area contributed by atoms with Gasteiger partial charge in [0.15, 0.2) is 0 Å². The minimum absolute atomic E-state index is 0.0734. The zero-order chi connectivity index (χ0) is 13.3. The van der Waals surface area contributed by atoms with Crippen molar-refractivity contribution in [3.63, 3.8) is 0 Å². The molecule has 1 aromatic heterocycles. The Morgan fingerprint density at radius 1 is 1.17 bits per heavy atom. The molecule has 6 nitrogen and oxygen atoms in total. The lowest BCUT2D eigenvalue weighted by Gasteiger charge is -2.17. The number of phenols is 2. The highest BCUT2D eigenvalue weighted by atomic mass is 16.5. The SMILES string of the molecule is COC(C)(C)c1noc(-c2cc(O)cc(O)c2)n1. The molecule has 0 radical (unpaired) electrons. The Hall–Kier alpha value is -2.08. The number of aromatic nitrogens is 2. The summed E-state index contributed by atoms with van der Waals surface area (Å²) in [6.45, 7) is 3.61. The fourth-order valence-corrected chi connectivity index (χ4v) is 1.40. The lowest BCUT2D eigenvalue weighted by Crippen LogP contribution is -2.21. The highest BCUT2D eigenvalue weighted by Crippen LogP contribution is 2.29. The number of methoxy groups -OCH3 is 1. The Morgan fingerprint density at radius 3 is 2.33 bits per heavy atom. The Balaban J connectivity index is 2.41. The van der Waals surface area contributed by atoms with Crippen molar-refractivity contribution in [2.24, 2.45) is 0 Å². The molecule has 18 heavy (non-hydrogen) atoms. The summed E-state index contributed by atoms with van der Waals surface area (Å²) in [5.74, 6) is 0.454. The van der Waals surface area contributed by atoms with Gasteiger partial charge in [-0.3, -0.25) is 0 Å². The van der Waals surface area contributed by atoms with E-state index in [1.165, 1.54) is 18.2 Å². The molecule has 0 saturated heterocycles. The van der Waals surface area contributed by atoms with Gasteiger partial charge in [0.2, 0.25) is 5.82 Å². The summed E-state index contributed by atoms with van der Waals surface area (Å²) >= 11 is 0. The predicted molar refractivity (Wildman–Crippen MR) is 63.1 cm³/mol. The molecular formula is C12H14N2O4. The molecule has 0 aliphatic rings. The Kier molecular flexibility index (Phi) is 2.96. The molecule has 0 amide bonds. The third-order valence-electron chi connectivity index (χ3n) is 2.62. The molecule has 1 heterocycles. The van der Waals surface area contributed by atoms with E-state index in [0.29, 0.717) is 11.4 Å². The Morgan fingerprint density at radius 2 is 1.78 bits per heavy atom. The molecule has 1 aromatic carbocycles. The second-order valence-electron chi connectivity index (χ2n) is 4.38. The molecule has 0 bridgehead atoms. The van der Waals surface area contributed by atoms with E-state index in [9.17, 15) is 10.2 Å². The average molecular weight is 250 g/mol. The fourth-order valence-electron chi connectivity index (χ4n) is 1.40. The van der Waals surface area contributed by atoms with E-state index in [4.69, 9.17) is 9.26 Å². The summed E-state index contributed by atoms with van der Waals surface area (Å²) in [4.78, 5) is 4.18. The first-order valence-electron chi connectivity index (χ1n) is 5.35. The summed E-state index contributed by atoms with van der Waals surface area (Å²) < 4.78 is 10.3. The van der Waals surface area contributed by atoms with Gasteiger partial charge < -0.3 is 19.5 Å². The second-order valence-corrected chi connectivity index (χ2v) is 4.38. The molecule has 6 heteroatoms. The first-order valence-corrected chi connectivity index (χ1v) is 5.35. The van der Waals surface area contributed by atoms with Crippen molar-refractivity contribution in [2.75, 3.05) is 7.11 Å². The highest BCUT2D eigenvalue weighted by Gasteiger charge is 2.26. The van der Waals surface area contributed by atoms with Gasteiger partial charge in [-0.2, -0.15) is 4.98 Å². The highest BCUT2D eigenvalue weighted by molar-refractivity contribution is 5.58. The van der Waals surface area contributed by atoms with Gasteiger partial charge in [0.25, 0.3) is 5.89 Å². The Labute approximate surface area is 104 Å². The van der Waals surface area contributed by atoms with Gasteiger partial charge in [0, 0.05) is 18.7 Å². The minimum atomic E-state index is -0.666. The van der Waals surface area contributed by atoms with Crippen LogP contribution in [0.2, 0.25) is 0 Å². The van der Waals surface area contributed by atoms with Crippen LogP contribution in [0.15, 0.2) is 22.7 Å². The van der Waals surface area contributed by atoms with Crippen LogP contribution in [0.5, 0.6) is 11.5 Å². The number of ether oxygens (including phenoxy) is 1.